The average Bonchev–Trinajstić information content (AvgIpc) is 3.53. The minimum Gasteiger partial charge on any atom is -0.496 e. The van der Waals surface area contributed by atoms with Crippen molar-refractivity contribution in [1.82, 2.24) is 10.2 Å². The van der Waals surface area contributed by atoms with Crippen LogP contribution in [0.2, 0.25) is 0 Å². The van der Waals surface area contributed by atoms with Crippen LogP contribution in [0.25, 0.3) is 0 Å². The van der Waals surface area contributed by atoms with Crippen molar-refractivity contribution in [1.29, 1.82) is 0 Å². The number of amides is 2. The summed E-state index contributed by atoms with van der Waals surface area (Å²) in [5.74, 6) is 1.09. The zero-order valence-electron chi connectivity index (χ0n) is 17.8. The highest BCUT2D eigenvalue weighted by Crippen LogP contribution is 2.36. The summed E-state index contributed by atoms with van der Waals surface area (Å²) >= 11 is 3.43. The first-order valence-corrected chi connectivity index (χ1v) is 11.3. The van der Waals surface area contributed by atoms with Crippen LogP contribution in [0.15, 0.2) is 46.9 Å². The van der Waals surface area contributed by atoms with Crippen LogP contribution in [0.4, 0.5) is 0 Å². The maximum Gasteiger partial charge on any atom is 0.254 e. The number of benzene rings is 2. The number of rotatable bonds is 7. The van der Waals surface area contributed by atoms with Crippen LogP contribution in [0.1, 0.15) is 51.6 Å². The number of hydrogen-bond acceptors (Lipinski definition) is 4. The second-order valence-corrected chi connectivity index (χ2v) is 9.05. The van der Waals surface area contributed by atoms with Gasteiger partial charge in [-0.25, -0.2) is 0 Å². The molecule has 2 fully saturated rings. The van der Waals surface area contributed by atoms with E-state index < -0.39 is 0 Å². The van der Waals surface area contributed by atoms with E-state index in [1.807, 2.05) is 35.2 Å². The molecule has 2 aliphatic rings. The molecule has 0 radical (unpaired) electrons. The van der Waals surface area contributed by atoms with Crippen LogP contribution >= 0.6 is 15.9 Å². The van der Waals surface area contributed by atoms with Crippen LogP contribution in [-0.2, 0) is 4.74 Å². The predicted molar refractivity (Wildman–Crippen MR) is 121 cm³/mol. The summed E-state index contributed by atoms with van der Waals surface area (Å²) in [6.45, 7) is 1.23. The summed E-state index contributed by atoms with van der Waals surface area (Å²) < 4.78 is 11.7. The van der Waals surface area contributed by atoms with E-state index in [0.717, 1.165) is 16.6 Å². The predicted octanol–water partition coefficient (Wildman–Crippen LogP) is 4.20. The third kappa shape index (κ3) is 4.93. The Labute approximate surface area is 191 Å². The summed E-state index contributed by atoms with van der Waals surface area (Å²) in [6, 6.07) is 12.8. The smallest absolute Gasteiger partial charge is 0.254 e. The summed E-state index contributed by atoms with van der Waals surface area (Å²) in [6.07, 6.45) is 3.01. The number of likely N-dealkylation sites (tertiary alicyclic amines) is 1. The fraction of sp³-hybridized carbons (Fsp3) is 0.417. The van der Waals surface area contributed by atoms with Gasteiger partial charge in [0.25, 0.3) is 11.8 Å². The first-order valence-electron chi connectivity index (χ1n) is 10.6. The highest BCUT2D eigenvalue weighted by Gasteiger charge is 2.37. The molecule has 164 valence electrons. The molecule has 31 heavy (non-hydrogen) atoms. The van der Waals surface area contributed by atoms with Gasteiger partial charge in [-0.15, -0.1) is 0 Å². The summed E-state index contributed by atoms with van der Waals surface area (Å²) in [4.78, 5) is 27.8. The van der Waals surface area contributed by atoms with Crippen LogP contribution in [0.3, 0.4) is 0 Å². The normalized spacial score (nSPS) is 20.5. The fourth-order valence-electron chi connectivity index (χ4n) is 4.02. The van der Waals surface area contributed by atoms with E-state index in [0.29, 0.717) is 35.8 Å². The number of ether oxygens (including phenoxy) is 2. The first-order chi connectivity index (χ1) is 15.0. The lowest BCUT2D eigenvalue weighted by Crippen LogP contribution is -2.32. The lowest BCUT2D eigenvalue weighted by atomic mass is 10.0. The highest BCUT2D eigenvalue weighted by atomic mass is 79.9. The lowest BCUT2D eigenvalue weighted by molar-refractivity contribution is 0.0687. The molecule has 0 aromatic heterocycles. The topological polar surface area (TPSA) is 67.9 Å². The van der Waals surface area contributed by atoms with Crippen molar-refractivity contribution >= 4 is 27.7 Å². The van der Waals surface area contributed by atoms with Crippen LogP contribution < -0.4 is 10.1 Å². The van der Waals surface area contributed by atoms with Gasteiger partial charge in [0.15, 0.2) is 0 Å². The number of carbonyl (C=O) groups excluding carboxylic acids is 2. The Kier molecular flexibility index (Phi) is 6.62. The number of halogens is 1. The summed E-state index contributed by atoms with van der Waals surface area (Å²) in [5.41, 5.74) is 2.12. The van der Waals surface area contributed by atoms with E-state index in [4.69, 9.17) is 9.47 Å². The number of nitrogens with one attached hydrogen (secondary N) is 1. The van der Waals surface area contributed by atoms with Gasteiger partial charge in [0, 0.05) is 31.3 Å². The van der Waals surface area contributed by atoms with E-state index >= 15 is 0 Å². The molecule has 2 aromatic carbocycles. The fourth-order valence-corrected chi connectivity index (χ4v) is 4.42. The van der Waals surface area contributed by atoms with Crippen molar-refractivity contribution < 1.29 is 19.1 Å². The van der Waals surface area contributed by atoms with E-state index in [1.165, 1.54) is 12.8 Å². The molecule has 1 aliphatic heterocycles. The van der Waals surface area contributed by atoms with Crippen molar-refractivity contribution in [2.75, 3.05) is 27.3 Å². The number of nitrogens with zero attached hydrogens (tertiary/aromatic N) is 1. The first kappa shape index (κ1) is 21.8. The second-order valence-electron chi connectivity index (χ2n) is 8.19. The molecule has 0 bridgehead atoms. The molecule has 1 N–H and O–H groups in total. The van der Waals surface area contributed by atoms with Gasteiger partial charge in [-0.1, -0.05) is 12.1 Å². The molecule has 2 amide bonds. The van der Waals surface area contributed by atoms with Crippen molar-refractivity contribution in [2.45, 2.75) is 31.4 Å². The van der Waals surface area contributed by atoms with Gasteiger partial charge in [0.05, 0.1) is 23.7 Å². The van der Waals surface area contributed by atoms with Gasteiger partial charge < -0.3 is 19.7 Å². The van der Waals surface area contributed by atoms with E-state index in [9.17, 15) is 9.59 Å². The molecule has 7 heteroatoms. The van der Waals surface area contributed by atoms with Crippen molar-refractivity contribution in [3.8, 4) is 5.75 Å². The zero-order chi connectivity index (χ0) is 22.0. The molecule has 1 saturated carbocycles. The minimum atomic E-state index is -0.164. The maximum atomic E-state index is 13.4. The molecular formula is C24H27BrN2O4. The highest BCUT2D eigenvalue weighted by molar-refractivity contribution is 9.10. The third-order valence-electron chi connectivity index (χ3n) is 6.04. The van der Waals surface area contributed by atoms with E-state index in [2.05, 4.69) is 21.2 Å². The quantitative estimate of drug-likeness (QED) is 0.636. The average molecular weight is 487 g/mol. The Bertz CT molecular complexity index is 976. The largest absolute Gasteiger partial charge is 0.496 e. The van der Waals surface area contributed by atoms with Crippen LogP contribution in [0, 0.1) is 5.92 Å². The third-order valence-corrected chi connectivity index (χ3v) is 6.69. The maximum absolute atomic E-state index is 13.4. The monoisotopic (exact) mass is 486 g/mol. The molecule has 1 heterocycles. The van der Waals surface area contributed by atoms with E-state index in [1.54, 1.807) is 26.4 Å². The van der Waals surface area contributed by atoms with Gasteiger partial charge in [-0.2, -0.15) is 0 Å². The van der Waals surface area contributed by atoms with Gasteiger partial charge in [0.1, 0.15) is 5.75 Å². The Morgan fingerprint density at radius 1 is 1.13 bits per heavy atom. The molecule has 0 spiro atoms. The Hall–Kier alpha value is -2.38. The van der Waals surface area contributed by atoms with Crippen LogP contribution in [-0.4, -0.2) is 50.1 Å². The number of methoxy groups -OCH3 is 2. The summed E-state index contributed by atoms with van der Waals surface area (Å²) in [5, 5.41) is 3.01. The molecule has 2 aromatic rings. The van der Waals surface area contributed by atoms with E-state index in [-0.39, 0.29) is 24.0 Å². The summed E-state index contributed by atoms with van der Waals surface area (Å²) in [7, 11) is 3.24. The Morgan fingerprint density at radius 2 is 1.94 bits per heavy atom. The molecular weight excluding hydrogens is 460 g/mol. The molecule has 4 rings (SSSR count). The molecule has 1 unspecified atom stereocenters. The van der Waals surface area contributed by atoms with Gasteiger partial charge in [-0.3, -0.25) is 9.59 Å². The van der Waals surface area contributed by atoms with Gasteiger partial charge in [0.2, 0.25) is 0 Å². The Balaban J connectivity index is 1.57. The standard InChI is InChI=1S/C24H27BrN2O4/c1-30-19-12-21(16-4-3-5-17(10-16)23(28)26-13-15-6-7-15)27(14-19)24(29)18-8-9-20(25)22(11-18)31-2/h3-5,8-11,15,19,21H,6-7,12-14H2,1-2H3,(H,26,28)/t19?,21-/m1/s1. The van der Waals surface area contributed by atoms with Crippen molar-refractivity contribution in [3.05, 3.63) is 63.6 Å². The van der Waals surface area contributed by atoms with Crippen molar-refractivity contribution in [2.24, 2.45) is 5.92 Å². The molecule has 1 saturated heterocycles. The number of hydrogen-bond donors (Lipinski definition) is 1. The lowest BCUT2D eigenvalue weighted by Gasteiger charge is -2.25. The SMILES string of the molecule is COc1cc(C(=O)N2CC(OC)C[C@@H]2c2cccc(C(=O)NCC3CC3)c2)ccc1Br. The Morgan fingerprint density at radius 3 is 2.65 bits per heavy atom. The minimum absolute atomic E-state index is 0.0568. The zero-order valence-corrected chi connectivity index (χ0v) is 19.4. The van der Waals surface area contributed by atoms with Gasteiger partial charge in [-0.05, 0) is 77.0 Å². The molecule has 2 atom stereocenters. The molecule has 6 nitrogen and oxygen atoms in total. The van der Waals surface area contributed by atoms with Crippen LogP contribution in [0.5, 0.6) is 5.75 Å². The van der Waals surface area contributed by atoms with Crippen molar-refractivity contribution in [3.63, 3.8) is 0 Å². The van der Waals surface area contributed by atoms with Gasteiger partial charge >= 0.3 is 0 Å². The number of carbonyl (C=O) groups is 2. The molecule has 1 aliphatic carbocycles. The second kappa shape index (κ2) is 9.40.